The largest absolute Gasteiger partial charge is 0.363 e. The van der Waals surface area contributed by atoms with Crippen molar-refractivity contribution >= 4 is 17.6 Å². The molecular formula is C17H24N4O2. The minimum Gasteiger partial charge on any atom is -0.363 e. The van der Waals surface area contributed by atoms with E-state index in [0.29, 0.717) is 19.6 Å². The highest BCUT2D eigenvalue weighted by Gasteiger charge is 2.25. The molecule has 6 nitrogen and oxygen atoms in total. The molecule has 2 rings (SSSR count). The number of hydrogen-bond acceptors (Lipinski definition) is 4. The number of likely N-dealkylation sites (N-methyl/N-ethyl adjacent to an activating group) is 1. The van der Waals surface area contributed by atoms with Gasteiger partial charge in [0.05, 0.1) is 0 Å². The molecule has 0 aromatic carbocycles. The Morgan fingerprint density at radius 3 is 2.78 bits per heavy atom. The lowest BCUT2D eigenvalue weighted by molar-refractivity contribution is -0.138. The summed E-state index contributed by atoms with van der Waals surface area (Å²) in [5, 5.41) is 0. The predicted molar refractivity (Wildman–Crippen MR) is 90.1 cm³/mol. The van der Waals surface area contributed by atoms with Crippen molar-refractivity contribution < 1.29 is 9.59 Å². The lowest BCUT2D eigenvalue weighted by Gasteiger charge is -2.32. The van der Waals surface area contributed by atoms with Crippen LogP contribution in [0.5, 0.6) is 0 Å². The molecule has 0 saturated carbocycles. The van der Waals surface area contributed by atoms with Crippen LogP contribution in [0.4, 0.5) is 5.82 Å². The second kappa shape index (κ2) is 7.26. The van der Waals surface area contributed by atoms with Crippen LogP contribution in [0.15, 0.2) is 24.9 Å². The lowest BCUT2D eigenvalue weighted by atomic mass is 10.0. The van der Waals surface area contributed by atoms with Crippen molar-refractivity contribution in [3.8, 4) is 0 Å². The van der Waals surface area contributed by atoms with E-state index in [0.717, 1.165) is 17.8 Å². The van der Waals surface area contributed by atoms with Gasteiger partial charge in [0.25, 0.3) is 0 Å². The summed E-state index contributed by atoms with van der Waals surface area (Å²) in [6.45, 7) is 7.15. The summed E-state index contributed by atoms with van der Waals surface area (Å²) in [6.07, 6.45) is 3.81. The van der Waals surface area contributed by atoms with Crippen LogP contribution < -0.4 is 4.90 Å². The standard InChI is InChI=1S/C17H24N4O2/c1-5-15(22)20(6-2)12-16(23)21-10-8-14-13(11-21)7-9-18-17(14)19(3)4/h5,7,9H,1,6,8,10-12H2,2-4H3. The van der Waals surface area contributed by atoms with Crippen LogP contribution in [0.25, 0.3) is 0 Å². The zero-order valence-corrected chi connectivity index (χ0v) is 14.1. The molecule has 2 heterocycles. The molecule has 0 atom stereocenters. The topological polar surface area (TPSA) is 56.8 Å². The maximum absolute atomic E-state index is 12.5. The Hall–Kier alpha value is -2.37. The fourth-order valence-electron chi connectivity index (χ4n) is 2.81. The second-order valence-electron chi connectivity index (χ2n) is 5.79. The van der Waals surface area contributed by atoms with Gasteiger partial charge in [-0.25, -0.2) is 4.98 Å². The third-order valence-corrected chi connectivity index (χ3v) is 4.09. The van der Waals surface area contributed by atoms with Crippen LogP contribution in [-0.2, 0) is 22.6 Å². The number of aromatic nitrogens is 1. The average molecular weight is 316 g/mol. The highest BCUT2D eigenvalue weighted by molar-refractivity contribution is 5.91. The van der Waals surface area contributed by atoms with Crippen LogP contribution in [0.2, 0.25) is 0 Å². The summed E-state index contributed by atoms with van der Waals surface area (Å²) in [6, 6.07) is 1.97. The van der Waals surface area contributed by atoms with Gasteiger partial charge in [0, 0.05) is 45.5 Å². The third kappa shape index (κ3) is 3.70. The summed E-state index contributed by atoms with van der Waals surface area (Å²) < 4.78 is 0. The maximum atomic E-state index is 12.5. The molecule has 23 heavy (non-hydrogen) atoms. The summed E-state index contributed by atoms with van der Waals surface area (Å²) in [7, 11) is 3.94. The first-order valence-corrected chi connectivity index (χ1v) is 7.81. The monoisotopic (exact) mass is 316 g/mol. The molecule has 0 saturated heterocycles. The molecule has 1 aliphatic rings. The average Bonchev–Trinajstić information content (AvgIpc) is 2.57. The Kier molecular flexibility index (Phi) is 5.36. The van der Waals surface area contributed by atoms with Crippen LogP contribution >= 0.6 is 0 Å². The fourth-order valence-corrected chi connectivity index (χ4v) is 2.81. The molecule has 6 heteroatoms. The van der Waals surface area contributed by atoms with Gasteiger partial charge in [-0.1, -0.05) is 6.58 Å². The van der Waals surface area contributed by atoms with Gasteiger partial charge in [-0.05, 0) is 31.1 Å². The predicted octanol–water partition coefficient (Wildman–Crippen LogP) is 1.07. The highest BCUT2D eigenvalue weighted by atomic mass is 16.2. The zero-order valence-electron chi connectivity index (χ0n) is 14.1. The van der Waals surface area contributed by atoms with Crippen LogP contribution in [0.3, 0.4) is 0 Å². The number of anilines is 1. The van der Waals surface area contributed by atoms with E-state index in [1.54, 1.807) is 11.1 Å². The van der Waals surface area contributed by atoms with E-state index in [1.807, 2.05) is 32.0 Å². The number of hydrogen-bond donors (Lipinski definition) is 0. The van der Waals surface area contributed by atoms with Crippen molar-refractivity contribution in [2.75, 3.05) is 38.6 Å². The third-order valence-electron chi connectivity index (χ3n) is 4.09. The van der Waals surface area contributed by atoms with E-state index in [1.165, 1.54) is 16.5 Å². The Morgan fingerprint density at radius 2 is 2.17 bits per heavy atom. The van der Waals surface area contributed by atoms with Crippen molar-refractivity contribution in [3.05, 3.63) is 36.0 Å². The molecule has 0 N–H and O–H groups in total. The van der Waals surface area contributed by atoms with E-state index in [4.69, 9.17) is 0 Å². The van der Waals surface area contributed by atoms with Crippen molar-refractivity contribution in [2.24, 2.45) is 0 Å². The molecule has 0 bridgehead atoms. The van der Waals surface area contributed by atoms with E-state index in [-0.39, 0.29) is 18.4 Å². The number of fused-ring (bicyclic) bond motifs is 1. The Bertz CT molecular complexity index is 613. The van der Waals surface area contributed by atoms with Gasteiger partial charge in [0.1, 0.15) is 12.4 Å². The van der Waals surface area contributed by atoms with Crippen molar-refractivity contribution in [1.82, 2.24) is 14.8 Å². The Morgan fingerprint density at radius 1 is 1.43 bits per heavy atom. The van der Waals surface area contributed by atoms with Crippen LogP contribution in [0.1, 0.15) is 18.1 Å². The second-order valence-corrected chi connectivity index (χ2v) is 5.79. The SMILES string of the molecule is C=CC(=O)N(CC)CC(=O)N1CCc2c(ccnc2N(C)C)C1. The van der Waals surface area contributed by atoms with Gasteiger partial charge < -0.3 is 14.7 Å². The first kappa shape index (κ1) is 17.0. The number of nitrogens with zero attached hydrogens (tertiary/aromatic N) is 4. The van der Waals surface area contributed by atoms with E-state index < -0.39 is 0 Å². The van der Waals surface area contributed by atoms with Crippen molar-refractivity contribution in [1.29, 1.82) is 0 Å². The highest BCUT2D eigenvalue weighted by Crippen LogP contribution is 2.25. The van der Waals surface area contributed by atoms with Crippen molar-refractivity contribution in [2.45, 2.75) is 19.9 Å². The molecule has 1 aromatic rings. The summed E-state index contributed by atoms with van der Waals surface area (Å²) >= 11 is 0. The lowest BCUT2D eigenvalue weighted by Crippen LogP contribution is -2.44. The molecule has 2 amide bonds. The van der Waals surface area contributed by atoms with E-state index >= 15 is 0 Å². The Balaban J connectivity index is 2.10. The van der Waals surface area contributed by atoms with Gasteiger partial charge in [-0.15, -0.1) is 0 Å². The molecule has 0 radical (unpaired) electrons. The molecule has 0 unspecified atom stereocenters. The molecule has 0 spiro atoms. The smallest absolute Gasteiger partial charge is 0.246 e. The van der Waals surface area contributed by atoms with Gasteiger partial charge in [-0.3, -0.25) is 9.59 Å². The number of carbonyl (C=O) groups excluding carboxylic acids is 2. The number of pyridine rings is 1. The van der Waals surface area contributed by atoms with Gasteiger partial charge in [-0.2, -0.15) is 0 Å². The number of carbonyl (C=O) groups is 2. The summed E-state index contributed by atoms with van der Waals surface area (Å²) in [5.41, 5.74) is 2.33. The molecule has 124 valence electrons. The minimum absolute atomic E-state index is 0.0316. The van der Waals surface area contributed by atoms with Gasteiger partial charge >= 0.3 is 0 Å². The molecular weight excluding hydrogens is 292 g/mol. The van der Waals surface area contributed by atoms with Gasteiger partial charge in [0.15, 0.2) is 0 Å². The molecule has 1 aliphatic heterocycles. The van der Waals surface area contributed by atoms with Gasteiger partial charge in [0.2, 0.25) is 11.8 Å². The fraction of sp³-hybridized carbons (Fsp3) is 0.471. The zero-order chi connectivity index (χ0) is 17.0. The quantitative estimate of drug-likeness (QED) is 0.763. The number of amides is 2. The van der Waals surface area contributed by atoms with Crippen molar-refractivity contribution in [3.63, 3.8) is 0 Å². The molecule has 0 fully saturated rings. The maximum Gasteiger partial charge on any atom is 0.246 e. The summed E-state index contributed by atoms with van der Waals surface area (Å²) in [4.78, 5) is 33.9. The first-order chi connectivity index (χ1) is 11.0. The molecule has 1 aromatic heterocycles. The van der Waals surface area contributed by atoms with Crippen LogP contribution in [-0.4, -0.2) is 60.3 Å². The Labute approximate surface area is 137 Å². The van der Waals surface area contributed by atoms with E-state index in [2.05, 4.69) is 11.6 Å². The summed E-state index contributed by atoms with van der Waals surface area (Å²) in [5.74, 6) is 0.722. The van der Waals surface area contributed by atoms with Crippen LogP contribution in [0, 0.1) is 0 Å². The minimum atomic E-state index is -0.211. The normalized spacial score (nSPS) is 13.3. The first-order valence-electron chi connectivity index (χ1n) is 7.81. The van der Waals surface area contributed by atoms with E-state index in [9.17, 15) is 9.59 Å². The molecule has 0 aliphatic carbocycles. The number of rotatable bonds is 5.